The number of rotatable bonds is 4. The fourth-order valence-corrected chi connectivity index (χ4v) is 3.26. The van der Waals surface area contributed by atoms with Gasteiger partial charge in [-0.25, -0.2) is 4.98 Å². The number of nitrogens with zero attached hydrogens (tertiary/aromatic N) is 2. The SMILES string of the molecule is Cc1csc(C(C)CN=C(N)NC2CCCCC2)n1. The molecule has 1 aromatic rings. The molecule has 1 aromatic heterocycles. The lowest BCUT2D eigenvalue weighted by molar-refractivity contribution is 0.412. The van der Waals surface area contributed by atoms with Crippen molar-refractivity contribution in [3.63, 3.8) is 0 Å². The lowest BCUT2D eigenvalue weighted by Gasteiger charge is -2.23. The molecule has 1 atom stereocenters. The highest BCUT2D eigenvalue weighted by Gasteiger charge is 2.14. The number of nitrogens with two attached hydrogens (primary N) is 1. The van der Waals surface area contributed by atoms with Gasteiger partial charge in [0, 0.05) is 23.0 Å². The van der Waals surface area contributed by atoms with E-state index in [-0.39, 0.29) is 0 Å². The molecule has 0 aliphatic heterocycles. The summed E-state index contributed by atoms with van der Waals surface area (Å²) in [7, 11) is 0. The van der Waals surface area contributed by atoms with E-state index in [1.54, 1.807) is 11.3 Å². The molecule has 19 heavy (non-hydrogen) atoms. The number of aliphatic imine (C=N–C) groups is 1. The number of thiazole rings is 1. The van der Waals surface area contributed by atoms with Gasteiger partial charge in [0.15, 0.2) is 5.96 Å². The highest BCUT2D eigenvalue weighted by atomic mass is 32.1. The first-order valence-electron chi connectivity index (χ1n) is 7.13. The van der Waals surface area contributed by atoms with E-state index in [4.69, 9.17) is 5.73 Å². The Hall–Kier alpha value is -1.10. The molecule has 106 valence electrons. The zero-order valence-electron chi connectivity index (χ0n) is 11.9. The van der Waals surface area contributed by atoms with E-state index in [0.717, 1.165) is 10.7 Å². The van der Waals surface area contributed by atoms with Crippen LogP contribution in [0.3, 0.4) is 0 Å². The fourth-order valence-electron chi connectivity index (χ4n) is 2.41. The maximum Gasteiger partial charge on any atom is 0.188 e. The Kier molecular flexibility index (Phi) is 5.19. The van der Waals surface area contributed by atoms with E-state index in [1.807, 2.05) is 6.92 Å². The predicted molar refractivity (Wildman–Crippen MR) is 81.8 cm³/mol. The highest BCUT2D eigenvalue weighted by Crippen LogP contribution is 2.20. The molecule has 1 fully saturated rings. The Bertz CT molecular complexity index is 421. The van der Waals surface area contributed by atoms with E-state index >= 15 is 0 Å². The third-order valence-corrected chi connectivity index (χ3v) is 4.75. The minimum absolute atomic E-state index is 0.338. The average molecular weight is 280 g/mol. The summed E-state index contributed by atoms with van der Waals surface area (Å²) < 4.78 is 0. The van der Waals surface area contributed by atoms with Crippen molar-refractivity contribution in [3.05, 3.63) is 16.1 Å². The van der Waals surface area contributed by atoms with Crippen molar-refractivity contribution in [1.29, 1.82) is 0 Å². The zero-order chi connectivity index (χ0) is 13.7. The van der Waals surface area contributed by atoms with Crippen LogP contribution < -0.4 is 11.1 Å². The largest absolute Gasteiger partial charge is 0.370 e. The van der Waals surface area contributed by atoms with E-state index in [2.05, 4.69) is 27.6 Å². The van der Waals surface area contributed by atoms with E-state index < -0.39 is 0 Å². The first-order chi connectivity index (χ1) is 9.15. The molecule has 0 aromatic carbocycles. The fraction of sp³-hybridized carbons (Fsp3) is 0.714. The minimum atomic E-state index is 0.338. The van der Waals surface area contributed by atoms with E-state index in [0.29, 0.717) is 24.5 Å². The lowest BCUT2D eigenvalue weighted by atomic mass is 9.96. The van der Waals surface area contributed by atoms with Gasteiger partial charge in [-0.05, 0) is 19.8 Å². The molecule has 1 unspecified atom stereocenters. The van der Waals surface area contributed by atoms with Gasteiger partial charge in [0.25, 0.3) is 0 Å². The molecule has 0 bridgehead atoms. The van der Waals surface area contributed by atoms with Gasteiger partial charge < -0.3 is 11.1 Å². The van der Waals surface area contributed by atoms with Crippen molar-refractivity contribution in [1.82, 2.24) is 10.3 Å². The van der Waals surface area contributed by atoms with Crippen LogP contribution in [-0.2, 0) is 0 Å². The number of aromatic nitrogens is 1. The van der Waals surface area contributed by atoms with Crippen molar-refractivity contribution >= 4 is 17.3 Å². The topological polar surface area (TPSA) is 63.3 Å². The van der Waals surface area contributed by atoms with Crippen LogP contribution in [0.1, 0.15) is 55.6 Å². The molecule has 0 amide bonds. The molecular weight excluding hydrogens is 256 g/mol. The molecule has 0 saturated heterocycles. The summed E-state index contributed by atoms with van der Waals surface area (Å²) in [6.45, 7) is 4.88. The number of hydrogen-bond donors (Lipinski definition) is 2. The lowest BCUT2D eigenvalue weighted by Crippen LogP contribution is -2.41. The Labute approximate surface area is 119 Å². The summed E-state index contributed by atoms with van der Waals surface area (Å²) >= 11 is 1.70. The Morgan fingerprint density at radius 2 is 2.26 bits per heavy atom. The summed E-state index contributed by atoms with van der Waals surface area (Å²) in [5.41, 5.74) is 7.05. The smallest absolute Gasteiger partial charge is 0.188 e. The standard InChI is InChI=1S/C14H24N4S/c1-10(13-17-11(2)9-19-13)8-16-14(15)18-12-6-4-3-5-7-12/h9-10,12H,3-8H2,1-2H3,(H3,15,16,18). The van der Waals surface area contributed by atoms with Gasteiger partial charge in [-0.15, -0.1) is 11.3 Å². The van der Waals surface area contributed by atoms with Gasteiger partial charge >= 0.3 is 0 Å². The second-order valence-corrected chi connectivity index (χ2v) is 6.32. The Balaban J connectivity index is 1.80. The third-order valence-electron chi connectivity index (χ3n) is 3.55. The van der Waals surface area contributed by atoms with Crippen molar-refractivity contribution < 1.29 is 0 Å². The summed E-state index contributed by atoms with van der Waals surface area (Å²) in [6, 6.07) is 0.523. The molecule has 0 radical (unpaired) electrons. The van der Waals surface area contributed by atoms with Crippen molar-refractivity contribution in [2.75, 3.05) is 6.54 Å². The maximum atomic E-state index is 5.96. The summed E-state index contributed by atoms with van der Waals surface area (Å²) in [6.07, 6.45) is 6.41. The third kappa shape index (κ3) is 4.49. The van der Waals surface area contributed by atoms with Crippen LogP contribution in [0.4, 0.5) is 0 Å². The zero-order valence-corrected chi connectivity index (χ0v) is 12.7. The van der Waals surface area contributed by atoms with Gasteiger partial charge in [-0.2, -0.15) is 0 Å². The molecule has 1 heterocycles. The van der Waals surface area contributed by atoms with Gasteiger partial charge in [0.05, 0.1) is 11.6 Å². The molecular formula is C14H24N4S. The van der Waals surface area contributed by atoms with Gasteiger partial charge in [-0.1, -0.05) is 26.2 Å². The van der Waals surface area contributed by atoms with E-state index in [9.17, 15) is 0 Å². The second-order valence-electron chi connectivity index (χ2n) is 5.43. The highest BCUT2D eigenvalue weighted by molar-refractivity contribution is 7.09. The van der Waals surface area contributed by atoms with Crippen molar-refractivity contribution in [3.8, 4) is 0 Å². The van der Waals surface area contributed by atoms with E-state index in [1.165, 1.54) is 32.1 Å². The summed E-state index contributed by atoms with van der Waals surface area (Å²) in [4.78, 5) is 8.95. The molecule has 3 N–H and O–H groups in total. The molecule has 0 spiro atoms. The van der Waals surface area contributed by atoms with Crippen LogP contribution >= 0.6 is 11.3 Å². The number of nitrogens with one attached hydrogen (secondary N) is 1. The Morgan fingerprint density at radius 1 is 1.53 bits per heavy atom. The first-order valence-corrected chi connectivity index (χ1v) is 8.01. The molecule has 1 aliphatic rings. The molecule has 1 aliphatic carbocycles. The van der Waals surface area contributed by atoms with Crippen LogP contribution in [-0.4, -0.2) is 23.5 Å². The number of guanidine groups is 1. The normalized spacial score (nSPS) is 19.4. The van der Waals surface area contributed by atoms with Crippen LogP contribution in [0, 0.1) is 6.92 Å². The average Bonchev–Trinajstić information content (AvgIpc) is 2.84. The predicted octanol–water partition coefficient (Wildman–Crippen LogP) is 2.79. The Morgan fingerprint density at radius 3 is 2.89 bits per heavy atom. The van der Waals surface area contributed by atoms with Crippen molar-refractivity contribution in [2.24, 2.45) is 10.7 Å². The van der Waals surface area contributed by atoms with Gasteiger partial charge in [0.1, 0.15) is 0 Å². The molecule has 5 heteroatoms. The van der Waals surface area contributed by atoms with Crippen molar-refractivity contribution in [2.45, 2.75) is 57.9 Å². The number of aryl methyl sites for hydroxylation is 1. The minimum Gasteiger partial charge on any atom is -0.370 e. The monoisotopic (exact) mass is 280 g/mol. The van der Waals surface area contributed by atoms with Crippen LogP contribution in [0.2, 0.25) is 0 Å². The van der Waals surface area contributed by atoms with Gasteiger partial charge in [-0.3, -0.25) is 4.99 Å². The van der Waals surface area contributed by atoms with Crippen LogP contribution in [0.15, 0.2) is 10.4 Å². The molecule has 4 nitrogen and oxygen atoms in total. The molecule has 2 rings (SSSR count). The maximum absolute atomic E-state index is 5.96. The quantitative estimate of drug-likeness (QED) is 0.658. The second kappa shape index (κ2) is 6.89. The number of hydrogen-bond acceptors (Lipinski definition) is 3. The van der Waals surface area contributed by atoms with Crippen LogP contribution in [0.25, 0.3) is 0 Å². The summed E-state index contributed by atoms with van der Waals surface area (Å²) in [5.74, 6) is 0.928. The van der Waals surface area contributed by atoms with Crippen LogP contribution in [0.5, 0.6) is 0 Å². The first kappa shape index (κ1) is 14.3. The van der Waals surface area contributed by atoms with Gasteiger partial charge in [0.2, 0.25) is 0 Å². The molecule has 1 saturated carbocycles. The summed E-state index contributed by atoms with van der Waals surface area (Å²) in [5, 5.41) is 6.57.